The van der Waals surface area contributed by atoms with Gasteiger partial charge in [0.2, 0.25) is 4.91 Å². The van der Waals surface area contributed by atoms with E-state index in [-0.39, 0.29) is 0 Å². The van der Waals surface area contributed by atoms with Crippen molar-refractivity contribution in [2.75, 3.05) is 0 Å². The third-order valence-electron chi connectivity index (χ3n) is 0.667. The van der Waals surface area contributed by atoms with Crippen LogP contribution in [0.3, 0.4) is 0 Å². The molecule has 0 aliphatic carbocycles. The topological polar surface area (TPSA) is 61.8 Å². The van der Waals surface area contributed by atoms with Crippen molar-refractivity contribution in [2.45, 2.75) is 0 Å². The molecule has 4 heteroatoms. The number of nitrogens with zero attached hydrogens (tertiary/aromatic N) is 1. The normalized spacial score (nSPS) is 5.78. The van der Waals surface area contributed by atoms with Gasteiger partial charge in [0.25, 0.3) is 0 Å². The standard InChI is InChI=1S/C5H5B.H2N3/c1-2-4-6-5-3-1;1-3-2/h1-5H;1-2H/q;+1. The third-order valence-corrected chi connectivity index (χ3v) is 0.667. The Bertz CT molecular complexity index is 142. The van der Waals surface area contributed by atoms with Gasteiger partial charge >= 0.3 is 37.0 Å². The summed E-state index contributed by atoms with van der Waals surface area (Å²) < 4.78 is 0. The molecule has 0 unspecified atom stereocenters. The summed E-state index contributed by atoms with van der Waals surface area (Å²) >= 11 is 0. The first kappa shape index (κ1) is 7.72. The van der Waals surface area contributed by atoms with E-state index in [1.807, 2.05) is 41.9 Å². The quantitative estimate of drug-likeness (QED) is 0.381. The van der Waals surface area contributed by atoms with Crippen molar-refractivity contribution in [1.82, 2.24) is 4.91 Å². The summed E-state index contributed by atoms with van der Waals surface area (Å²) in [5.74, 6) is 4.00. The van der Waals surface area contributed by atoms with E-state index in [9.17, 15) is 0 Å². The molecule has 3 nitrogen and oxygen atoms in total. The van der Waals surface area contributed by atoms with E-state index in [4.69, 9.17) is 11.1 Å². The summed E-state index contributed by atoms with van der Waals surface area (Å²) in [7, 11) is 0. The summed E-state index contributed by atoms with van der Waals surface area (Å²) in [6.07, 6.45) is 0. The molecule has 0 saturated heterocycles. The van der Waals surface area contributed by atoms with Crippen LogP contribution in [-0.2, 0) is 0 Å². The molecule has 0 saturated carbocycles. The van der Waals surface area contributed by atoms with Crippen LogP contribution in [0.4, 0.5) is 0 Å². The molecule has 1 aromatic heterocycles. The molecule has 1 aromatic rings. The molecule has 0 amide bonds. The Morgan fingerprint density at radius 1 is 1.00 bits per heavy atom. The van der Waals surface area contributed by atoms with Gasteiger partial charge in [-0.3, -0.25) is 0 Å². The van der Waals surface area contributed by atoms with Crippen LogP contribution in [0.15, 0.2) is 30.1 Å². The van der Waals surface area contributed by atoms with Crippen molar-refractivity contribution < 1.29 is 0 Å². The molecule has 2 N–H and O–H groups in total. The van der Waals surface area contributed by atoms with E-state index >= 15 is 0 Å². The van der Waals surface area contributed by atoms with Gasteiger partial charge in [-0.05, 0) is 0 Å². The minimum absolute atomic E-state index is 2.00. The summed E-state index contributed by atoms with van der Waals surface area (Å²) in [6.45, 7) is 2.00. The second-order valence-corrected chi connectivity index (χ2v) is 1.27. The summed E-state index contributed by atoms with van der Waals surface area (Å²) in [5.41, 5.74) is 11.0. The van der Waals surface area contributed by atoms with Gasteiger partial charge in [-0.2, -0.15) is 0 Å². The first-order valence-corrected chi connectivity index (χ1v) is 2.45. The number of nitrogens with one attached hydrogen (secondary N) is 2. The van der Waals surface area contributed by atoms with Crippen LogP contribution >= 0.6 is 0 Å². The third kappa shape index (κ3) is 6.72. The fourth-order valence-electron chi connectivity index (χ4n) is 0.385. The van der Waals surface area contributed by atoms with Gasteiger partial charge in [0.15, 0.2) is 0 Å². The van der Waals surface area contributed by atoms with Crippen LogP contribution in [0.1, 0.15) is 0 Å². The molecule has 0 aromatic carbocycles. The van der Waals surface area contributed by atoms with Crippen LogP contribution < -0.4 is 4.91 Å². The molecule has 0 atom stereocenters. The van der Waals surface area contributed by atoms with Gasteiger partial charge in [0.1, 0.15) is 11.1 Å². The molecule has 0 fully saturated rings. The van der Waals surface area contributed by atoms with Gasteiger partial charge in [-0.1, -0.05) is 0 Å². The Morgan fingerprint density at radius 3 is 1.56 bits per heavy atom. The SMILES string of the molecule is N=[N+]=N.b1ccccc1. The molecular formula is C5H7BN3+. The molecule has 1 rings (SSSR count). The van der Waals surface area contributed by atoms with Crippen molar-refractivity contribution in [3.8, 4) is 0 Å². The first-order chi connectivity index (χ1) is 4.41. The zero-order valence-corrected chi connectivity index (χ0v) is 4.91. The minimum atomic E-state index is 2.00. The van der Waals surface area contributed by atoms with Crippen molar-refractivity contribution in [1.29, 1.82) is 11.1 Å². The molecule has 44 valence electrons. The Labute approximate surface area is 54.0 Å². The molecule has 0 aliphatic heterocycles. The molecular weight excluding hydrogens is 113 g/mol. The fraction of sp³-hybridized carbons (Fsp3) is 0. The average Bonchev–Trinajstić information content (AvgIpc) is 1.93. The molecule has 0 radical (unpaired) electrons. The van der Waals surface area contributed by atoms with Crippen LogP contribution in [0.25, 0.3) is 0 Å². The second-order valence-electron chi connectivity index (χ2n) is 1.27. The van der Waals surface area contributed by atoms with Crippen LogP contribution in [-0.4, -0.2) is 6.91 Å². The van der Waals surface area contributed by atoms with Gasteiger partial charge in [0.05, 0.1) is 0 Å². The van der Waals surface area contributed by atoms with E-state index in [2.05, 4.69) is 0 Å². The molecule has 0 aliphatic rings. The fourth-order valence-corrected chi connectivity index (χ4v) is 0.385. The zero-order chi connectivity index (χ0) is 6.95. The maximum absolute atomic E-state index is 5.50. The predicted molar refractivity (Wildman–Crippen MR) is 35.4 cm³/mol. The van der Waals surface area contributed by atoms with Crippen molar-refractivity contribution in [3.63, 3.8) is 0 Å². The van der Waals surface area contributed by atoms with E-state index in [1.165, 1.54) is 0 Å². The molecule has 0 bridgehead atoms. The van der Waals surface area contributed by atoms with Gasteiger partial charge < -0.3 is 0 Å². The second kappa shape index (κ2) is 6.72. The van der Waals surface area contributed by atoms with Crippen molar-refractivity contribution in [2.24, 2.45) is 0 Å². The van der Waals surface area contributed by atoms with Crippen LogP contribution in [0, 0.1) is 11.1 Å². The number of rotatable bonds is 0. The molecule has 9 heavy (non-hydrogen) atoms. The van der Waals surface area contributed by atoms with Crippen molar-refractivity contribution in [3.05, 3.63) is 30.1 Å². The predicted octanol–water partition coefficient (Wildman–Crippen LogP) is 1.14. The van der Waals surface area contributed by atoms with Gasteiger partial charge in [0, 0.05) is 0 Å². The Balaban J connectivity index is 0.000000187. The van der Waals surface area contributed by atoms with E-state index in [0.717, 1.165) is 0 Å². The van der Waals surface area contributed by atoms with E-state index in [0.29, 0.717) is 0 Å². The van der Waals surface area contributed by atoms with E-state index < -0.39 is 0 Å². The maximum atomic E-state index is 5.50. The summed E-state index contributed by atoms with van der Waals surface area (Å²) in [6, 6.07) is 6.00. The van der Waals surface area contributed by atoms with Crippen molar-refractivity contribution >= 4 is 6.91 Å². The molecule has 1 heterocycles. The molecule has 0 spiro atoms. The number of hydrogen-bond acceptors (Lipinski definition) is 2. The van der Waals surface area contributed by atoms with Gasteiger partial charge in [-0.15, -0.1) is 0 Å². The van der Waals surface area contributed by atoms with Crippen LogP contribution in [0.5, 0.6) is 0 Å². The zero-order valence-electron chi connectivity index (χ0n) is 4.91. The van der Waals surface area contributed by atoms with E-state index in [1.54, 1.807) is 0 Å². The number of hydrogen-bond donors (Lipinski definition) is 2. The Hall–Kier alpha value is -1.28. The summed E-state index contributed by atoms with van der Waals surface area (Å²) in [4.78, 5) is 2.00. The monoisotopic (exact) mass is 120 g/mol. The van der Waals surface area contributed by atoms with Crippen LogP contribution in [0.2, 0.25) is 0 Å². The summed E-state index contributed by atoms with van der Waals surface area (Å²) in [5, 5.41) is 0. The average molecular weight is 120 g/mol. The Kier molecular flexibility index (Phi) is 5.77. The first-order valence-electron chi connectivity index (χ1n) is 2.45. The van der Waals surface area contributed by atoms with Gasteiger partial charge in [-0.25, -0.2) is 0 Å². The Morgan fingerprint density at radius 2 is 1.44 bits per heavy atom.